The summed E-state index contributed by atoms with van der Waals surface area (Å²) in [5.74, 6) is -2.64. The Kier molecular flexibility index (Phi) is 3.88. The van der Waals surface area contributed by atoms with Crippen molar-refractivity contribution in [2.24, 2.45) is 0 Å². The monoisotopic (exact) mass is 278 g/mol. The van der Waals surface area contributed by atoms with Gasteiger partial charge >= 0.3 is 18.0 Å². The van der Waals surface area contributed by atoms with Gasteiger partial charge in [-0.3, -0.25) is 4.79 Å². The molecule has 0 bridgehead atoms. The molecule has 1 aromatic carbocycles. The van der Waals surface area contributed by atoms with Crippen LogP contribution in [0.4, 0.5) is 4.79 Å². The Morgan fingerprint density at radius 2 is 1.70 bits per heavy atom. The molecule has 3 N–H and O–H groups in total. The Morgan fingerprint density at radius 3 is 2.15 bits per heavy atom. The minimum Gasteiger partial charge on any atom is -0.481 e. The smallest absolute Gasteiger partial charge is 0.326 e. The molecule has 20 heavy (non-hydrogen) atoms. The van der Waals surface area contributed by atoms with E-state index < -0.39 is 30.4 Å². The van der Waals surface area contributed by atoms with Crippen molar-refractivity contribution in [2.45, 2.75) is 25.6 Å². The van der Waals surface area contributed by atoms with Gasteiger partial charge in [0.1, 0.15) is 6.04 Å². The third kappa shape index (κ3) is 3.05. The Balaban J connectivity index is 1.99. The molecule has 0 spiro atoms. The van der Waals surface area contributed by atoms with Gasteiger partial charge in [-0.05, 0) is 11.1 Å². The quantitative estimate of drug-likeness (QED) is 0.749. The van der Waals surface area contributed by atoms with E-state index in [9.17, 15) is 14.4 Å². The maximum Gasteiger partial charge on any atom is 0.326 e. The zero-order chi connectivity index (χ0) is 14.7. The zero-order valence-corrected chi connectivity index (χ0v) is 10.6. The van der Waals surface area contributed by atoms with Crippen LogP contribution in [0, 0.1) is 0 Å². The molecule has 0 saturated heterocycles. The number of fused-ring (bicyclic) bond motifs is 1. The van der Waals surface area contributed by atoms with Gasteiger partial charge in [0.05, 0.1) is 6.42 Å². The molecule has 1 unspecified atom stereocenters. The summed E-state index contributed by atoms with van der Waals surface area (Å²) in [7, 11) is 0. The van der Waals surface area contributed by atoms with Crippen molar-refractivity contribution in [3.8, 4) is 0 Å². The van der Waals surface area contributed by atoms with E-state index in [0.29, 0.717) is 13.1 Å². The second kappa shape index (κ2) is 5.60. The number of urea groups is 1. The number of rotatable bonds is 4. The fraction of sp³-hybridized carbons (Fsp3) is 0.308. The molecule has 106 valence electrons. The number of hydrogen-bond donors (Lipinski definition) is 3. The van der Waals surface area contributed by atoms with Crippen LogP contribution in [0.5, 0.6) is 0 Å². The molecule has 7 nitrogen and oxygen atoms in total. The molecule has 1 aliphatic heterocycles. The molecule has 0 aliphatic carbocycles. The number of nitrogens with zero attached hydrogens (tertiary/aromatic N) is 1. The minimum atomic E-state index is -1.43. The number of nitrogens with one attached hydrogen (secondary N) is 1. The van der Waals surface area contributed by atoms with Crippen LogP contribution < -0.4 is 5.32 Å². The second-order valence-electron chi connectivity index (χ2n) is 4.56. The number of aliphatic carboxylic acids is 2. The van der Waals surface area contributed by atoms with Crippen molar-refractivity contribution in [3.63, 3.8) is 0 Å². The molecular weight excluding hydrogens is 264 g/mol. The van der Waals surface area contributed by atoms with Crippen molar-refractivity contribution in [2.75, 3.05) is 0 Å². The molecule has 0 saturated carbocycles. The zero-order valence-electron chi connectivity index (χ0n) is 10.6. The molecule has 0 fully saturated rings. The highest BCUT2D eigenvalue weighted by Crippen LogP contribution is 2.22. The summed E-state index contributed by atoms with van der Waals surface area (Å²) in [5, 5.41) is 19.7. The van der Waals surface area contributed by atoms with Gasteiger partial charge < -0.3 is 20.4 Å². The summed E-state index contributed by atoms with van der Waals surface area (Å²) >= 11 is 0. The first-order valence-corrected chi connectivity index (χ1v) is 6.04. The number of carboxylic acids is 2. The first kappa shape index (κ1) is 13.9. The van der Waals surface area contributed by atoms with Gasteiger partial charge in [0, 0.05) is 13.1 Å². The Hall–Kier alpha value is -2.57. The van der Waals surface area contributed by atoms with Crippen LogP contribution in [-0.2, 0) is 22.7 Å². The van der Waals surface area contributed by atoms with Crippen LogP contribution in [0.1, 0.15) is 17.5 Å². The number of benzene rings is 1. The van der Waals surface area contributed by atoms with Gasteiger partial charge in [-0.1, -0.05) is 24.3 Å². The van der Waals surface area contributed by atoms with Gasteiger partial charge in [0.2, 0.25) is 0 Å². The summed E-state index contributed by atoms with van der Waals surface area (Å²) in [6.45, 7) is 0.781. The fourth-order valence-corrected chi connectivity index (χ4v) is 2.09. The van der Waals surface area contributed by atoms with Gasteiger partial charge in [0.15, 0.2) is 0 Å². The van der Waals surface area contributed by atoms with Crippen molar-refractivity contribution in [3.05, 3.63) is 35.4 Å². The number of amides is 2. The van der Waals surface area contributed by atoms with Crippen molar-refractivity contribution in [1.29, 1.82) is 0 Å². The third-order valence-corrected chi connectivity index (χ3v) is 3.10. The minimum absolute atomic E-state index is 0.390. The molecule has 1 atom stereocenters. The van der Waals surface area contributed by atoms with Gasteiger partial charge in [-0.15, -0.1) is 0 Å². The lowest BCUT2D eigenvalue weighted by molar-refractivity contribution is -0.145. The number of carboxylic acid groups (broad SMARTS) is 2. The van der Waals surface area contributed by atoms with E-state index in [1.54, 1.807) is 0 Å². The maximum absolute atomic E-state index is 12.0. The summed E-state index contributed by atoms with van der Waals surface area (Å²) in [6, 6.07) is 5.52. The van der Waals surface area contributed by atoms with Gasteiger partial charge in [0.25, 0.3) is 0 Å². The Morgan fingerprint density at radius 1 is 1.15 bits per heavy atom. The molecule has 1 heterocycles. The van der Waals surface area contributed by atoms with Gasteiger partial charge in [-0.2, -0.15) is 0 Å². The normalized spacial score (nSPS) is 14.5. The van der Waals surface area contributed by atoms with E-state index in [-0.39, 0.29) is 0 Å². The van der Waals surface area contributed by atoms with E-state index in [4.69, 9.17) is 10.2 Å². The van der Waals surface area contributed by atoms with Gasteiger partial charge in [-0.25, -0.2) is 9.59 Å². The largest absolute Gasteiger partial charge is 0.481 e. The Bertz CT molecular complexity index is 532. The molecular formula is C13H14N2O5. The number of carbonyl (C=O) groups is 3. The van der Waals surface area contributed by atoms with Crippen LogP contribution in [0.3, 0.4) is 0 Å². The molecule has 1 aliphatic rings. The van der Waals surface area contributed by atoms with E-state index in [1.165, 1.54) is 4.90 Å². The molecule has 1 aromatic rings. The average Bonchev–Trinajstić information content (AvgIpc) is 2.81. The van der Waals surface area contributed by atoms with Crippen LogP contribution in [-0.4, -0.2) is 39.1 Å². The van der Waals surface area contributed by atoms with E-state index in [0.717, 1.165) is 11.1 Å². The standard InChI is InChI=1S/C13H14N2O5/c16-11(17)5-10(12(18)19)14-13(20)15-6-8-3-1-2-4-9(8)7-15/h1-4,10H,5-7H2,(H,14,20)(H,16,17)(H,18,19). The maximum atomic E-state index is 12.0. The summed E-state index contributed by atoms with van der Waals surface area (Å²) in [5.41, 5.74) is 2.01. The fourth-order valence-electron chi connectivity index (χ4n) is 2.09. The molecule has 7 heteroatoms. The first-order chi connectivity index (χ1) is 9.47. The lowest BCUT2D eigenvalue weighted by atomic mass is 10.1. The van der Waals surface area contributed by atoms with Crippen LogP contribution in [0.15, 0.2) is 24.3 Å². The predicted molar refractivity (Wildman–Crippen MR) is 67.9 cm³/mol. The lowest BCUT2D eigenvalue weighted by Crippen LogP contribution is -2.47. The molecule has 2 rings (SSSR count). The van der Waals surface area contributed by atoms with E-state index in [2.05, 4.69) is 5.32 Å². The molecule has 0 radical (unpaired) electrons. The van der Waals surface area contributed by atoms with Crippen molar-refractivity contribution in [1.82, 2.24) is 10.2 Å². The third-order valence-electron chi connectivity index (χ3n) is 3.10. The first-order valence-electron chi connectivity index (χ1n) is 6.04. The van der Waals surface area contributed by atoms with Crippen LogP contribution in [0.2, 0.25) is 0 Å². The van der Waals surface area contributed by atoms with E-state index in [1.807, 2.05) is 24.3 Å². The van der Waals surface area contributed by atoms with Crippen molar-refractivity contribution < 1.29 is 24.6 Å². The van der Waals surface area contributed by atoms with Crippen LogP contribution >= 0.6 is 0 Å². The van der Waals surface area contributed by atoms with E-state index >= 15 is 0 Å². The Labute approximate surface area is 114 Å². The highest BCUT2D eigenvalue weighted by atomic mass is 16.4. The number of hydrogen-bond acceptors (Lipinski definition) is 3. The summed E-state index contributed by atoms with van der Waals surface area (Å²) in [4.78, 5) is 34.9. The molecule has 0 aromatic heterocycles. The lowest BCUT2D eigenvalue weighted by Gasteiger charge is -2.19. The second-order valence-corrected chi connectivity index (χ2v) is 4.56. The van der Waals surface area contributed by atoms with Crippen molar-refractivity contribution >= 4 is 18.0 Å². The predicted octanol–water partition coefficient (Wildman–Crippen LogP) is 0.640. The summed E-state index contributed by atoms with van der Waals surface area (Å²) < 4.78 is 0. The SMILES string of the molecule is O=C(O)CC(NC(=O)N1Cc2ccccc2C1)C(=O)O. The highest BCUT2D eigenvalue weighted by Gasteiger charge is 2.28. The highest BCUT2D eigenvalue weighted by molar-refractivity contribution is 5.86. The molecule has 2 amide bonds. The van der Waals surface area contributed by atoms with Crippen LogP contribution in [0.25, 0.3) is 0 Å². The number of carbonyl (C=O) groups excluding carboxylic acids is 1. The topological polar surface area (TPSA) is 107 Å². The summed E-state index contributed by atoms with van der Waals surface area (Å²) in [6.07, 6.45) is -0.651. The average molecular weight is 278 g/mol.